The molecule has 0 bridgehead atoms. The Kier molecular flexibility index (Phi) is 7.73. The second-order valence-corrected chi connectivity index (χ2v) is 5.64. The lowest BCUT2D eigenvalue weighted by Gasteiger charge is -2.21. The van der Waals surface area contributed by atoms with Crippen molar-refractivity contribution in [2.24, 2.45) is 12.0 Å². The molecular weight excluding hydrogens is 397 g/mol. The van der Waals surface area contributed by atoms with Gasteiger partial charge in [-0.05, 0) is 17.9 Å². The van der Waals surface area contributed by atoms with Crippen LogP contribution in [0.3, 0.4) is 0 Å². The van der Waals surface area contributed by atoms with Crippen molar-refractivity contribution in [2.75, 3.05) is 20.6 Å². The monoisotopic (exact) mass is 419 g/mol. The normalized spacial score (nSPS) is 11.1. The first kappa shape index (κ1) is 18.0. The first-order chi connectivity index (χ1) is 9.70. The minimum absolute atomic E-state index is 0. The Morgan fingerprint density at radius 3 is 2.90 bits per heavy atom. The van der Waals surface area contributed by atoms with E-state index in [-0.39, 0.29) is 24.0 Å². The topological polar surface area (TPSA) is 45.5 Å². The lowest BCUT2D eigenvalue weighted by atomic mass is 10.3. The fraction of sp³-hybridized carbons (Fsp3) is 0.429. The van der Waals surface area contributed by atoms with Crippen LogP contribution >= 0.6 is 35.3 Å². The molecule has 1 N–H and O–H groups in total. The van der Waals surface area contributed by atoms with Crippen LogP contribution in [-0.4, -0.2) is 41.1 Å². The summed E-state index contributed by atoms with van der Waals surface area (Å²) in [5.41, 5.74) is 0. The zero-order chi connectivity index (χ0) is 14.4. The fourth-order valence-corrected chi connectivity index (χ4v) is 2.65. The van der Waals surface area contributed by atoms with Gasteiger partial charge >= 0.3 is 0 Å². The predicted molar refractivity (Wildman–Crippen MR) is 99.5 cm³/mol. The highest BCUT2D eigenvalue weighted by atomic mass is 127. The number of halogens is 1. The molecule has 0 amide bonds. The Morgan fingerprint density at radius 2 is 2.33 bits per heavy atom. The first-order valence-corrected chi connectivity index (χ1v) is 7.49. The fourth-order valence-electron chi connectivity index (χ4n) is 1.95. The molecule has 0 unspecified atom stereocenters. The van der Waals surface area contributed by atoms with Gasteiger partial charge in [-0.1, -0.05) is 6.07 Å². The van der Waals surface area contributed by atoms with Crippen LogP contribution in [0.5, 0.6) is 0 Å². The number of nitrogens with zero attached hydrogens (tertiary/aromatic N) is 4. The molecule has 0 radical (unpaired) electrons. The largest absolute Gasteiger partial charge is 0.349 e. The van der Waals surface area contributed by atoms with Gasteiger partial charge in [-0.3, -0.25) is 4.99 Å². The molecule has 0 fully saturated rings. The molecule has 0 aliphatic heterocycles. The Balaban J connectivity index is 0.00000220. The van der Waals surface area contributed by atoms with Crippen molar-refractivity contribution in [2.45, 2.75) is 13.0 Å². The molecule has 2 aromatic rings. The van der Waals surface area contributed by atoms with E-state index in [4.69, 9.17) is 0 Å². The van der Waals surface area contributed by atoms with Crippen molar-refractivity contribution >= 4 is 41.3 Å². The smallest absolute Gasteiger partial charge is 0.193 e. The van der Waals surface area contributed by atoms with E-state index >= 15 is 0 Å². The number of likely N-dealkylation sites (N-methyl/N-ethyl adjacent to an activating group) is 1. The molecule has 2 heterocycles. The van der Waals surface area contributed by atoms with Gasteiger partial charge in [0.2, 0.25) is 0 Å². The summed E-state index contributed by atoms with van der Waals surface area (Å²) in [5.74, 6) is 1.89. The van der Waals surface area contributed by atoms with E-state index in [1.165, 1.54) is 4.88 Å². The second kappa shape index (κ2) is 9.04. The van der Waals surface area contributed by atoms with Crippen LogP contribution in [0, 0.1) is 0 Å². The van der Waals surface area contributed by atoms with E-state index in [1.54, 1.807) is 17.5 Å². The van der Waals surface area contributed by atoms with Gasteiger partial charge in [0.25, 0.3) is 0 Å². The molecule has 0 saturated carbocycles. The molecule has 0 saturated heterocycles. The lowest BCUT2D eigenvalue weighted by Crippen LogP contribution is -2.39. The number of nitrogens with one attached hydrogen (secondary N) is 1. The Bertz CT molecular complexity index is 549. The van der Waals surface area contributed by atoms with Gasteiger partial charge in [0.05, 0.1) is 6.54 Å². The maximum absolute atomic E-state index is 4.31. The number of aromatic nitrogens is 2. The maximum Gasteiger partial charge on any atom is 0.193 e. The van der Waals surface area contributed by atoms with E-state index in [2.05, 4.69) is 44.8 Å². The van der Waals surface area contributed by atoms with Crippen LogP contribution in [0.25, 0.3) is 0 Å². The van der Waals surface area contributed by atoms with E-state index in [0.29, 0.717) is 6.54 Å². The van der Waals surface area contributed by atoms with E-state index in [1.807, 2.05) is 24.9 Å². The van der Waals surface area contributed by atoms with Crippen molar-refractivity contribution in [1.82, 2.24) is 19.8 Å². The summed E-state index contributed by atoms with van der Waals surface area (Å²) < 4.78 is 2.01. The standard InChI is InChI=1S/C14H21N5S.HI/c1-15-14(17-11-13-16-7-9-18(13)2)19(3)8-6-12-5-4-10-20-12;/h4-5,7,9-10H,6,8,11H2,1-3H3,(H,15,17);1H. The van der Waals surface area contributed by atoms with Crippen molar-refractivity contribution < 1.29 is 0 Å². The molecular formula is C14H22IN5S. The third-order valence-electron chi connectivity index (χ3n) is 3.17. The minimum Gasteiger partial charge on any atom is -0.349 e. The Morgan fingerprint density at radius 1 is 1.52 bits per heavy atom. The van der Waals surface area contributed by atoms with Crippen molar-refractivity contribution in [1.29, 1.82) is 0 Å². The minimum atomic E-state index is 0. The van der Waals surface area contributed by atoms with Gasteiger partial charge in [0.15, 0.2) is 5.96 Å². The number of guanidine groups is 1. The SMILES string of the molecule is CN=C(NCc1nccn1C)N(C)CCc1cccs1.I. The number of imidazole rings is 1. The zero-order valence-corrected chi connectivity index (χ0v) is 15.8. The van der Waals surface area contributed by atoms with Crippen LogP contribution in [0.2, 0.25) is 0 Å². The number of rotatable bonds is 5. The van der Waals surface area contributed by atoms with Gasteiger partial charge in [0.1, 0.15) is 5.82 Å². The van der Waals surface area contributed by atoms with E-state index in [9.17, 15) is 0 Å². The van der Waals surface area contributed by atoms with Crippen LogP contribution < -0.4 is 5.32 Å². The van der Waals surface area contributed by atoms with Crippen LogP contribution in [0.15, 0.2) is 34.9 Å². The number of thiophene rings is 1. The van der Waals surface area contributed by atoms with Crippen molar-refractivity contribution in [3.63, 3.8) is 0 Å². The van der Waals surface area contributed by atoms with Crippen LogP contribution in [0.4, 0.5) is 0 Å². The van der Waals surface area contributed by atoms with Crippen molar-refractivity contribution in [3.05, 3.63) is 40.6 Å². The quantitative estimate of drug-likeness (QED) is 0.460. The summed E-state index contributed by atoms with van der Waals surface area (Å²) in [6, 6.07) is 4.26. The molecule has 0 aliphatic carbocycles. The highest BCUT2D eigenvalue weighted by Gasteiger charge is 2.07. The average Bonchev–Trinajstić information content (AvgIpc) is 3.09. The summed E-state index contributed by atoms with van der Waals surface area (Å²) in [5, 5.41) is 5.45. The lowest BCUT2D eigenvalue weighted by molar-refractivity contribution is 0.484. The summed E-state index contributed by atoms with van der Waals surface area (Å²) >= 11 is 1.80. The Hall–Kier alpha value is -1.09. The van der Waals surface area contributed by atoms with Gasteiger partial charge in [0, 0.05) is 45.0 Å². The molecule has 0 aromatic carbocycles. The molecule has 0 aliphatic rings. The highest BCUT2D eigenvalue weighted by molar-refractivity contribution is 14.0. The van der Waals surface area contributed by atoms with Crippen molar-refractivity contribution in [3.8, 4) is 0 Å². The molecule has 2 aromatic heterocycles. The summed E-state index contributed by atoms with van der Waals surface area (Å²) in [7, 11) is 5.86. The maximum atomic E-state index is 4.31. The van der Waals surface area contributed by atoms with Gasteiger partial charge in [-0.2, -0.15) is 0 Å². The molecule has 116 valence electrons. The number of hydrogen-bond acceptors (Lipinski definition) is 3. The second-order valence-electron chi connectivity index (χ2n) is 4.61. The summed E-state index contributed by atoms with van der Waals surface area (Å²) in [6.07, 6.45) is 4.79. The molecule has 7 heteroatoms. The third-order valence-corrected chi connectivity index (χ3v) is 4.11. The van der Waals surface area contributed by atoms with E-state index in [0.717, 1.165) is 24.7 Å². The highest BCUT2D eigenvalue weighted by Crippen LogP contribution is 2.09. The summed E-state index contributed by atoms with van der Waals surface area (Å²) in [4.78, 5) is 12.2. The number of aliphatic imine (C=N–C) groups is 1. The average molecular weight is 419 g/mol. The van der Waals surface area contributed by atoms with E-state index < -0.39 is 0 Å². The third kappa shape index (κ3) is 5.31. The van der Waals surface area contributed by atoms with Gasteiger partial charge < -0.3 is 14.8 Å². The van der Waals surface area contributed by atoms with Crippen LogP contribution in [-0.2, 0) is 20.0 Å². The Labute approximate surface area is 147 Å². The predicted octanol–water partition coefficient (Wildman–Crippen LogP) is 2.35. The molecule has 5 nitrogen and oxygen atoms in total. The molecule has 0 atom stereocenters. The summed E-state index contributed by atoms with van der Waals surface area (Å²) in [6.45, 7) is 1.63. The molecule has 21 heavy (non-hydrogen) atoms. The number of aryl methyl sites for hydroxylation is 1. The van der Waals surface area contributed by atoms with Gasteiger partial charge in [-0.25, -0.2) is 4.98 Å². The van der Waals surface area contributed by atoms with Crippen LogP contribution in [0.1, 0.15) is 10.7 Å². The van der Waals surface area contributed by atoms with Gasteiger partial charge in [-0.15, -0.1) is 35.3 Å². The number of hydrogen-bond donors (Lipinski definition) is 1. The molecule has 0 spiro atoms. The zero-order valence-electron chi connectivity index (χ0n) is 12.6. The first-order valence-electron chi connectivity index (χ1n) is 6.61. The molecule has 2 rings (SSSR count).